The summed E-state index contributed by atoms with van der Waals surface area (Å²) < 4.78 is 0.805. The number of hydrogen-bond acceptors (Lipinski definition) is 7. The first-order chi connectivity index (χ1) is 12.5. The molecule has 2 aromatic rings. The van der Waals surface area contributed by atoms with E-state index in [1.807, 2.05) is 25.1 Å². The molecule has 0 atom stereocenters. The van der Waals surface area contributed by atoms with E-state index >= 15 is 0 Å². The van der Waals surface area contributed by atoms with Crippen LogP contribution in [0.2, 0.25) is 5.02 Å². The van der Waals surface area contributed by atoms with Crippen molar-refractivity contribution in [2.45, 2.75) is 18.2 Å². The molecule has 6 nitrogen and oxygen atoms in total. The minimum Gasteiger partial charge on any atom is -0.367 e. The van der Waals surface area contributed by atoms with Crippen molar-refractivity contribution in [3.8, 4) is 0 Å². The second-order valence-electron chi connectivity index (χ2n) is 6.01. The van der Waals surface area contributed by atoms with Crippen LogP contribution in [0.25, 0.3) is 0 Å². The summed E-state index contributed by atoms with van der Waals surface area (Å²) in [4.78, 5) is 17.1. The number of aryl methyl sites for hydroxylation is 1. The number of benzene rings is 1. The van der Waals surface area contributed by atoms with Gasteiger partial charge in [0.1, 0.15) is 5.01 Å². The highest BCUT2D eigenvalue weighted by atomic mass is 35.5. The number of halogens is 1. The second kappa shape index (κ2) is 9.03. The Kier molecular flexibility index (Phi) is 6.74. The Labute approximate surface area is 166 Å². The predicted molar refractivity (Wildman–Crippen MR) is 110 cm³/mol. The molecule has 1 N–H and O–H groups in total. The number of carbonyl (C=O) groups is 1. The zero-order valence-corrected chi connectivity index (χ0v) is 17.3. The monoisotopic (exact) mass is 411 g/mol. The van der Waals surface area contributed by atoms with Gasteiger partial charge in [-0.15, -0.1) is 10.2 Å². The van der Waals surface area contributed by atoms with E-state index in [1.165, 1.54) is 23.1 Å². The molecule has 9 heteroatoms. The van der Waals surface area contributed by atoms with E-state index in [1.54, 1.807) is 0 Å². The quantitative estimate of drug-likeness (QED) is 0.735. The maximum Gasteiger partial charge on any atom is 0.234 e. The van der Waals surface area contributed by atoms with Gasteiger partial charge in [-0.25, -0.2) is 0 Å². The van der Waals surface area contributed by atoms with Crippen LogP contribution in [0.5, 0.6) is 0 Å². The number of rotatable bonds is 6. The number of piperazine rings is 1. The van der Waals surface area contributed by atoms with Crippen LogP contribution in [0.3, 0.4) is 0 Å². The molecule has 1 saturated heterocycles. The minimum atomic E-state index is -0.0708. The van der Waals surface area contributed by atoms with Gasteiger partial charge in [0.25, 0.3) is 0 Å². The van der Waals surface area contributed by atoms with Gasteiger partial charge < -0.3 is 15.1 Å². The van der Waals surface area contributed by atoms with Gasteiger partial charge in [-0.1, -0.05) is 41.6 Å². The molecule has 0 radical (unpaired) electrons. The van der Waals surface area contributed by atoms with Gasteiger partial charge >= 0.3 is 0 Å². The highest BCUT2D eigenvalue weighted by Gasteiger charge is 2.19. The van der Waals surface area contributed by atoms with Gasteiger partial charge in [-0.3, -0.25) is 4.79 Å². The lowest BCUT2D eigenvalue weighted by molar-refractivity contribution is -0.113. The van der Waals surface area contributed by atoms with Crippen molar-refractivity contribution in [2.75, 3.05) is 48.7 Å². The van der Waals surface area contributed by atoms with Crippen molar-refractivity contribution in [2.24, 2.45) is 0 Å². The topological polar surface area (TPSA) is 61.4 Å². The fraction of sp³-hybridized carbons (Fsp3) is 0.471. The van der Waals surface area contributed by atoms with Crippen LogP contribution in [0, 0.1) is 6.92 Å². The number of likely N-dealkylation sites (N-methyl/N-ethyl adjacent to an activating group) is 1. The van der Waals surface area contributed by atoms with Gasteiger partial charge in [-0.2, -0.15) is 0 Å². The van der Waals surface area contributed by atoms with E-state index in [4.69, 9.17) is 11.6 Å². The third kappa shape index (κ3) is 5.09. The van der Waals surface area contributed by atoms with E-state index in [9.17, 15) is 4.79 Å². The Balaban J connectivity index is 1.64. The van der Waals surface area contributed by atoms with E-state index in [0.29, 0.717) is 10.8 Å². The molecule has 0 saturated carbocycles. The maximum atomic E-state index is 12.4. The summed E-state index contributed by atoms with van der Waals surface area (Å²) in [5, 5.41) is 12.5. The molecule has 1 amide bonds. The third-order valence-electron chi connectivity index (χ3n) is 4.23. The molecule has 1 aliphatic heterocycles. The molecule has 1 aliphatic rings. The Morgan fingerprint density at radius 1 is 1.31 bits per heavy atom. The summed E-state index contributed by atoms with van der Waals surface area (Å²) >= 11 is 9.05. The normalized spacial score (nSPS) is 15.3. The molecule has 0 aliphatic carbocycles. The predicted octanol–water partition coefficient (Wildman–Crippen LogP) is 3.37. The van der Waals surface area contributed by atoms with Crippen LogP contribution in [0.1, 0.15) is 11.9 Å². The molecular formula is C17H22ClN5OS2. The Hall–Kier alpha value is -1.35. The van der Waals surface area contributed by atoms with Crippen LogP contribution < -0.4 is 10.2 Å². The largest absolute Gasteiger partial charge is 0.367 e. The molecule has 140 valence electrons. The van der Waals surface area contributed by atoms with Crippen LogP contribution in [0.15, 0.2) is 22.5 Å². The summed E-state index contributed by atoms with van der Waals surface area (Å²) in [6, 6.07) is 5.68. The zero-order chi connectivity index (χ0) is 18.5. The van der Waals surface area contributed by atoms with Crippen LogP contribution in [-0.4, -0.2) is 59.5 Å². The summed E-state index contributed by atoms with van der Waals surface area (Å²) in [5.41, 5.74) is 1.79. The molecular weight excluding hydrogens is 390 g/mol. The maximum absolute atomic E-state index is 12.4. The molecule has 1 aromatic carbocycles. The number of nitrogens with zero attached hydrogens (tertiary/aromatic N) is 4. The van der Waals surface area contributed by atoms with Gasteiger partial charge in [0.2, 0.25) is 5.91 Å². The average molecular weight is 412 g/mol. The van der Waals surface area contributed by atoms with Gasteiger partial charge in [0.05, 0.1) is 17.1 Å². The first-order valence-corrected chi connectivity index (χ1v) is 10.7. The summed E-state index contributed by atoms with van der Waals surface area (Å²) in [6.07, 6.45) is 0. The minimum absolute atomic E-state index is 0.0708. The van der Waals surface area contributed by atoms with Gasteiger partial charge in [0, 0.05) is 31.2 Å². The molecule has 3 rings (SSSR count). The molecule has 1 aromatic heterocycles. The standard InChI is InChI=1S/C17H22ClN5OS2/c1-3-22-6-8-23(9-7-22)15-5-4-13(18)10-14(15)19-16(24)11-25-17-21-20-12(2)26-17/h4-5,10H,3,6-9,11H2,1-2H3,(H,19,24). The van der Waals surface area contributed by atoms with E-state index in [0.717, 1.165) is 53.4 Å². The van der Waals surface area contributed by atoms with E-state index < -0.39 is 0 Å². The molecule has 26 heavy (non-hydrogen) atoms. The van der Waals surface area contributed by atoms with Crippen molar-refractivity contribution in [3.63, 3.8) is 0 Å². The van der Waals surface area contributed by atoms with Crippen molar-refractivity contribution in [3.05, 3.63) is 28.2 Å². The Morgan fingerprint density at radius 3 is 2.73 bits per heavy atom. The zero-order valence-electron chi connectivity index (χ0n) is 14.9. The lowest BCUT2D eigenvalue weighted by Crippen LogP contribution is -2.46. The Bertz CT molecular complexity index is 761. The van der Waals surface area contributed by atoms with Crippen LogP contribution in [0.4, 0.5) is 11.4 Å². The van der Waals surface area contributed by atoms with Crippen molar-refractivity contribution in [1.82, 2.24) is 15.1 Å². The van der Waals surface area contributed by atoms with Crippen LogP contribution >= 0.6 is 34.7 Å². The van der Waals surface area contributed by atoms with Gasteiger partial charge in [-0.05, 0) is 31.7 Å². The third-order valence-corrected chi connectivity index (χ3v) is 6.43. The van der Waals surface area contributed by atoms with Crippen LogP contribution in [-0.2, 0) is 4.79 Å². The second-order valence-corrected chi connectivity index (χ2v) is 8.85. The molecule has 1 fully saturated rings. The summed E-state index contributed by atoms with van der Waals surface area (Å²) in [7, 11) is 0. The lowest BCUT2D eigenvalue weighted by Gasteiger charge is -2.36. The lowest BCUT2D eigenvalue weighted by atomic mass is 10.2. The number of aromatic nitrogens is 2. The summed E-state index contributed by atoms with van der Waals surface area (Å²) in [6.45, 7) is 9.09. The number of thioether (sulfide) groups is 1. The number of hydrogen-bond donors (Lipinski definition) is 1. The molecule has 0 spiro atoms. The van der Waals surface area contributed by atoms with E-state index in [2.05, 4.69) is 32.2 Å². The summed E-state index contributed by atoms with van der Waals surface area (Å²) in [5.74, 6) is 0.225. The first kappa shape index (κ1) is 19.4. The Morgan fingerprint density at radius 2 is 2.08 bits per heavy atom. The molecule has 0 bridgehead atoms. The first-order valence-electron chi connectivity index (χ1n) is 8.54. The van der Waals surface area contributed by atoms with Gasteiger partial charge in [0.15, 0.2) is 4.34 Å². The fourth-order valence-electron chi connectivity index (χ4n) is 2.84. The highest BCUT2D eigenvalue weighted by molar-refractivity contribution is 8.01. The molecule has 0 unspecified atom stereocenters. The number of carbonyl (C=O) groups excluding carboxylic acids is 1. The highest BCUT2D eigenvalue weighted by Crippen LogP contribution is 2.30. The number of amides is 1. The SMILES string of the molecule is CCN1CCN(c2ccc(Cl)cc2NC(=O)CSc2nnc(C)s2)CC1. The molecule has 2 heterocycles. The van der Waals surface area contributed by atoms with Crippen molar-refractivity contribution >= 4 is 52.0 Å². The van der Waals surface area contributed by atoms with Crippen molar-refractivity contribution in [1.29, 1.82) is 0 Å². The van der Waals surface area contributed by atoms with E-state index in [-0.39, 0.29) is 5.91 Å². The number of anilines is 2. The number of nitrogens with one attached hydrogen (secondary N) is 1. The average Bonchev–Trinajstić information content (AvgIpc) is 3.06. The fourth-order valence-corrected chi connectivity index (χ4v) is 4.63. The smallest absolute Gasteiger partial charge is 0.234 e. The van der Waals surface area contributed by atoms with Crippen molar-refractivity contribution < 1.29 is 4.79 Å².